The van der Waals surface area contributed by atoms with Gasteiger partial charge < -0.3 is 5.73 Å². The van der Waals surface area contributed by atoms with Gasteiger partial charge in [0, 0.05) is 12.0 Å². The number of hydrogen-bond acceptors (Lipinski definition) is 2. The Labute approximate surface area is 107 Å². The standard InChI is InChI=1S/C16H17NO/c17-11-10-13-6-8-15(9-7-13)16(18)12-14-4-2-1-3-5-14/h1-9H,10-12,17H2. The summed E-state index contributed by atoms with van der Waals surface area (Å²) in [6.45, 7) is 0.636. The number of benzene rings is 2. The van der Waals surface area contributed by atoms with Gasteiger partial charge in [-0.2, -0.15) is 0 Å². The number of rotatable bonds is 5. The van der Waals surface area contributed by atoms with Gasteiger partial charge in [-0.3, -0.25) is 4.79 Å². The van der Waals surface area contributed by atoms with Gasteiger partial charge in [-0.1, -0.05) is 54.6 Å². The van der Waals surface area contributed by atoms with Gasteiger partial charge in [0.2, 0.25) is 0 Å². The van der Waals surface area contributed by atoms with E-state index in [9.17, 15) is 4.79 Å². The number of carbonyl (C=O) groups is 1. The van der Waals surface area contributed by atoms with Crippen molar-refractivity contribution in [3.05, 3.63) is 71.3 Å². The van der Waals surface area contributed by atoms with E-state index in [2.05, 4.69) is 0 Å². The summed E-state index contributed by atoms with van der Waals surface area (Å²) < 4.78 is 0. The highest BCUT2D eigenvalue weighted by Gasteiger charge is 2.06. The summed E-state index contributed by atoms with van der Waals surface area (Å²) in [5.41, 5.74) is 8.48. The molecule has 0 aliphatic carbocycles. The lowest BCUT2D eigenvalue weighted by molar-refractivity contribution is 0.0993. The van der Waals surface area contributed by atoms with E-state index in [1.165, 1.54) is 5.56 Å². The quantitative estimate of drug-likeness (QED) is 0.815. The van der Waals surface area contributed by atoms with Crippen LogP contribution < -0.4 is 5.73 Å². The molecule has 2 heteroatoms. The Kier molecular flexibility index (Phi) is 4.26. The molecular weight excluding hydrogens is 222 g/mol. The Morgan fingerprint density at radius 1 is 0.889 bits per heavy atom. The minimum Gasteiger partial charge on any atom is -0.330 e. The van der Waals surface area contributed by atoms with Gasteiger partial charge in [-0.05, 0) is 24.1 Å². The van der Waals surface area contributed by atoms with E-state index >= 15 is 0 Å². The van der Waals surface area contributed by atoms with Gasteiger partial charge in [0.15, 0.2) is 5.78 Å². The van der Waals surface area contributed by atoms with E-state index in [0.29, 0.717) is 13.0 Å². The number of carbonyl (C=O) groups excluding carboxylic acids is 1. The first-order valence-electron chi connectivity index (χ1n) is 6.16. The van der Waals surface area contributed by atoms with Gasteiger partial charge in [-0.15, -0.1) is 0 Å². The molecule has 0 unspecified atom stereocenters. The van der Waals surface area contributed by atoms with Crippen LogP contribution in [0.1, 0.15) is 21.5 Å². The van der Waals surface area contributed by atoms with Gasteiger partial charge in [0.25, 0.3) is 0 Å². The maximum Gasteiger partial charge on any atom is 0.167 e. The summed E-state index contributed by atoms with van der Waals surface area (Å²) in [7, 11) is 0. The molecule has 0 atom stereocenters. The fourth-order valence-electron chi connectivity index (χ4n) is 1.91. The Bertz CT molecular complexity index is 502. The Morgan fingerprint density at radius 2 is 1.56 bits per heavy atom. The Balaban J connectivity index is 2.05. The van der Waals surface area contributed by atoms with Crippen molar-refractivity contribution < 1.29 is 4.79 Å². The van der Waals surface area contributed by atoms with E-state index in [0.717, 1.165) is 17.5 Å². The molecule has 18 heavy (non-hydrogen) atoms. The first-order valence-corrected chi connectivity index (χ1v) is 6.16. The molecule has 0 spiro atoms. The molecular formula is C16H17NO. The molecule has 0 radical (unpaired) electrons. The molecule has 92 valence electrons. The van der Waals surface area contributed by atoms with Crippen molar-refractivity contribution in [3.8, 4) is 0 Å². The van der Waals surface area contributed by atoms with Crippen LogP contribution in [-0.4, -0.2) is 12.3 Å². The van der Waals surface area contributed by atoms with Crippen LogP contribution in [0.5, 0.6) is 0 Å². The second kappa shape index (κ2) is 6.12. The second-order valence-corrected chi connectivity index (χ2v) is 4.32. The van der Waals surface area contributed by atoms with Crippen LogP contribution in [0.4, 0.5) is 0 Å². The monoisotopic (exact) mass is 239 g/mol. The normalized spacial score (nSPS) is 10.3. The third-order valence-electron chi connectivity index (χ3n) is 2.92. The fraction of sp³-hybridized carbons (Fsp3) is 0.188. The lowest BCUT2D eigenvalue weighted by Crippen LogP contribution is -2.05. The zero-order chi connectivity index (χ0) is 12.8. The van der Waals surface area contributed by atoms with Crippen molar-refractivity contribution in [2.24, 2.45) is 5.73 Å². The molecule has 0 bridgehead atoms. The average Bonchev–Trinajstić information content (AvgIpc) is 2.41. The van der Waals surface area contributed by atoms with Crippen LogP contribution in [0.15, 0.2) is 54.6 Å². The molecule has 0 aliphatic heterocycles. The third-order valence-corrected chi connectivity index (χ3v) is 2.92. The van der Waals surface area contributed by atoms with E-state index < -0.39 is 0 Å². The van der Waals surface area contributed by atoms with Crippen LogP contribution in [0.25, 0.3) is 0 Å². The SMILES string of the molecule is NCCc1ccc(C(=O)Cc2ccccc2)cc1. The molecule has 2 rings (SSSR count). The van der Waals surface area contributed by atoms with Crippen LogP contribution >= 0.6 is 0 Å². The van der Waals surface area contributed by atoms with Crippen molar-refractivity contribution in [2.75, 3.05) is 6.54 Å². The van der Waals surface area contributed by atoms with Crippen molar-refractivity contribution in [2.45, 2.75) is 12.8 Å². The number of ketones is 1. The number of nitrogens with two attached hydrogens (primary N) is 1. The molecule has 0 amide bonds. The van der Waals surface area contributed by atoms with Gasteiger partial charge in [0.1, 0.15) is 0 Å². The molecule has 0 saturated carbocycles. The van der Waals surface area contributed by atoms with Crippen LogP contribution in [0, 0.1) is 0 Å². The fourth-order valence-corrected chi connectivity index (χ4v) is 1.91. The minimum atomic E-state index is 0.153. The summed E-state index contributed by atoms with van der Waals surface area (Å²) in [6.07, 6.45) is 1.31. The number of Topliss-reactive ketones (excluding diaryl/α,β-unsaturated/α-hetero) is 1. The number of hydrogen-bond donors (Lipinski definition) is 1. The predicted molar refractivity (Wildman–Crippen MR) is 73.7 cm³/mol. The second-order valence-electron chi connectivity index (χ2n) is 4.32. The van der Waals surface area contributed by atoms with Crippen LogP contribution in [0.2, 0.25) is 0 Å². The van der Waals surface area contributed by atoms with Gasteiger partial charge in [0.05, 0.1) is 0 Å². The Hall–Kier alpha value is -1.93. The Morgan fingerprint density at radius 3 is 2.17 bits per heavy atom. The molecule has 0 aliphatic rings. The zero-order valence-corrected chi connectivity index (χ0v) is 10.3. The maximum absolute atomic E-state index is 12.1. The van der Waals surface area contributed by atoms with Crippen molar-refractivity contribution in [3.63, 3.8) is 0 Å². The molecule has 0 heterocycles. The van der Waals surface area contributed by atoms with Crippen molar-refractivity contribution in [1.29, 1.82) is 0 Å². The highest BCUT2D eigenvalue weighted by Crippen LogP contribution is 2.09. The molecule has 0 fully saturated rings. The lowest BCUT2D eigenvalue weighted by atomic mass is 10.0. The smallest absolute Gasteiger partial charge is 0.167 e. The lowest BCUT2D eigenvalue weighted by Gasteiger charge is -2.03. The summed E-state index contributed by atoms with van der Waals surface area (Å²) >= 11 is 0. The van der Waals surface area contributed by atoms with Gasteiger partial charge in [-0.25, -0.2) is 0 Å². The maximum atomic E-state index is 12.1. The van der Waals surface area contributed by atoms with Crippen LogP contribution in [-0.2, 0) is 12.8 Å². The third kappa shape index (κ3) is 3.28. The topological polar surface area (TPSA) is 43.1 Å². The molecule has 2 aromatic carbocycles. The highest BCUT2D eigenvalue weighted by atomic mass is 16.1. The summed E-state index contributed by atoms with van der Waals surface area (Å²) in [5.74, 6) is 0.153. The molecule has 0 aromatic heterocycles. The highest BCUT2D eigenvalue weighted by molar-refractivity contribution is 5.97. The van der Waals surface area contributed by atoms with E-state index in [1.54, 1.807) is 0 Å². The van der Waals surface area contributed by atoms with E-state index in [4.69, 9.17) is 5.73 Å². The average molecular weight is 239 g/mol. The summed E-state index contributed by atoms with van der Waals surface area (Å²) in [5, 5.41) is 0. The summed E-state index contributed by atoms with van der Waals surface area (Å²) in [6, 6.07) is 17.5. The first kappa shape index (κ1) is 12.5. The minimum absolute atomic E-state index is 0.153. The molecule has 0 saturated heterocycles. The van der Waals surface area contributed by atoms with E-state index in [-0.39, 0.29) is 5.78 Å². The molecule has 2 N–H and O–H groups in total. The van der Waals surface area contributed by atoms with E-state index in [1.807, 2.05) is 54.6 Å². The molecule has 2 nitrogen and oxygen atoms in total. The summed E-state index contributed by atoms with van der Waals surface area (Å²) in [4.78, 5) is 12.1. The molecule has 2 aromatic rings. The first-order chi connectivity index (χ1) is 8.79. The van der Waals surface area contributed by atoms with Crippen LogP contribution in [0.3, 0.4) is 0 Å². The van der Waals surface area contributed by atoms with Crippen molar-refractivity contribution >= 4 is 5.78 Å². The predicted octanol–water partition coefficient (Wildman–Crippen LogP) is 2.61. The van der Waals surface area contributed by atoms with Crippen molar-refractivity contribution in [1.82, 2.24) is 0 Å². The largest absolute Gasteiger partial charge is 0.330 e. The zero-order valence-electron chi connectivity index (χ0n) is 10.3. The van der Waals surface area contributed by atoms with Gasteiger partial charge >= 0.3 is 0 Å².